The average Bonchev–Trinajstić information content (AvgIpc) is 2.47. The van der Waals surface area contributed by atoms with Crippen LogP contribution in [0.1, 0.15) is 26.2 Å². The fraction of sp³-hybridized carbons (Fsp3) is 0.700. The van der Waals surface area contributed by atoms with Crippen LogP contribution in [0.15, 0.2) is 12.3 Å². The van der Waals surface area contributed by atoms with E-state index >= 15 is 0 Å². The number of amides is 1. The van der Waals surface area contributed by atoms with Crippen molar-refractivity contribution in [1.82, 2.24) is 4.90 Å². The normalized spacial score (nSPS) is 37.6. The first-order valence-corrected chi connectivity index (χ1v) is 4.89. The van der Waals surface area contributed by atoms with Crippen LogP contribution in [0, 0.1) is 5.41 Å². The molecule has 13 heavy (non-hydrogen) atoms. The van der Waals surface area contributed by atoms with E-state index in [2.05, 4.69) is 4.90 Å². The molecule has 0 bridgehead atoms. The average molecular weight is 180 g/mol. The fourth-order valence-corrected chi connectivity index (χ4v) is 2.38. The van der Waals surface area contributed by atoms with Gasteiger partial charge in [0.15, 0.2) is 0 Å². The summed E-state index contributed by atoms with van der Waals surface area (Å²) in [5.74, 6) is -0.196. The molecule has 3 heteroatoms. The molecule has 1 fully saturated rings. The zero-order valence-corrected chi connectivity index (χ0v) is 7.99. The second-order valence-electron chi connectivity index (χ2n) is 4.21. The van der Waals surface area contributed by atoms with Gasteiger partial charge in [-0.2, -0.15) is 0 Å². The van der Waals surface area contributed by atoms with Crippen molar-refractivity contribution in [3.05, 3.63) is 12.3 Å². The summed E-state index contributed by atoms with van der Waals surface area (Å²) in [7, 11) is 0. The lowest BCUT2D eigenvalue weighted by Gasteiger charge is -2.37. The molecule has 2 unspecified atom stereocenters. The zero-order valence-electron chi connectivity index (χ0n) is 7.99. The van der Waals surface area contributed by atoms with Gasteiger partial charge in [-0.1, -0.05) is 6.08 Å². The van der Waals surface area contributed by atoms with Crippen molar-refractivity contribution in [3.63, 3.8) is 0 Å². The van der Waals surface area contributed by atoms with Crippen molar-refractivity contribution >= 4 is 5.91 Å². The van der Waals surface area contributed by atoms with Crippen LogP contribution in [0.25, 0.3) is 0 Å². The molecule has 0 aromatic rings. The van der Waals surface area contributed by atoms with Crippen LogP contribution in [0.5, 0.6) is 0 Å². The molecule has 0 aromatic heterocycles. The highest BCUT2D eigenvalue weighted by Crippen LogP contribution is 2.38. The molecule has 0 radical (unpaired) electrons. The Labute approximate surface area is 78.6 Å². The van der Waals surface area contributed by atoms with Crippen molar-refractivity contribution in [2.75, 3.05) is 6.54 Å². The van der Waals surface area contributed by atoms with Gasteiger partial charge in [-0.3, -0.25) is 4.79 Å². The van der Waals surface area contributed by atoms with Crippen LogP contribution in [0.4, 0.5) is 0 Å². The molecule has 0 aromatic carbocycles. The summed E-state index contributed by atoms with van der Waals surface area (Å²) in [4.78, 5) is 13.6. The molecule has 72 valence electrons. The van der Waals surface area contributed by atoms with Crippen molar-refractivity contribution < 1.29 is 4.79 Å². The van der Waals surface area contributed by atoms with Gasteiger partial charge in [-0.15, -0.1) is 0 Å². The molecular weight excluding hydrogens is 164 g/mol. The minimum Gasteiger partial charge on any atom is -0.373 e. The van der Waals surface area contributed by atoms with Crippen LogP contribution in [-0.4, -0.2) is 23.4 Å². The molecule has 2 atom stereocenters. The monoisotopic (exact) mass is 180 g/mol. The highest BCUT2D eigenvalue weighted by molar-refractivity contribution is 5.84. The Morgan fingerprint density at radius 2 is 2.38 bits per heavy atom. The Morgan fingerprint density at radius 3 is 3.08 bits per heavy atom. The van der Waals surface area contributed by atoms with E-state index in [1.54, 1.807) is 0 Å². The van der Waals surface area contributed by atoms with Gasteiger partial charge in [0, 0.05) is 12.6 Å². The Balaban J connectivity index is 2.24. The van der Waals surface area contributed by atoms with E-state index in [-0.39, 0.29) is 5.91 Å². The third-order valence-corrected chi connectivity index (χ3v) is 3.38. The lowest BCUT2D eigenvalue weighted by atomic mass is 9.79. The molecule has 2 aliphatic rings. The van der Waals surface area contributed by atoms with Crippen molar-refractivity contribution in [2.24, 2.45) is 11.1 Å². The predicted molar refractivity (Wildman–Crippen MR) is 50.8 cm³/mol. The molecule has 0 aliphatic carbocycles. The Hall–Kier alpha value is -0.990. The number of primary amides is 1. The molecular formula is C10H16N2O. The Morgan fingerprint density at radius 1 is 1.62 bits per heavy atom. The van der Waals surface area contributed by atoms with E-state index in [1.807, 2.05) is 19.2 Å². The van der Waals surface area contributed by atoms with Crippen LogP contribution in [-0.2, 0) is 4.79 Å². The molecule has 2 heterocycles. The van der Waals surface area contributed by atoms with E-state index in [9.17, 15) is 4.79 Å². The van der Waals surface area contributed by atoms with Gasteiger partial charge in [0.2, 0.25) is 5.91 Å². The van der Waals surface area contributed by atoms with Gasteiger partial charge in [0.05, 0.1) is 5.41 Å². The maximum absolute atomic E-state index is 11.3. The number of carbonyl (C=O) groups excluding carboxylic acids is 1. The maximum atomic E-state index is 11.3. The summed E-state index contributed by atoms with van der Waals surface area (Å²) in [6.07, 6.45) is 7.54. The standard InChI is InChI=1S/C10H16N2O/c1-10(9(11)13)5-7-12-6-3-2-4-8(10)12/h5,7-8H,2-4,6H2,1H3,(H2,11,13). The molecule has 2 rings (SSSR count). The number of nitrogens with zero attached hydrogens (tertiary/aromatic N) is 1. The van der Waals surface area contributed by atoms with E-state index in [4.69, 9.17) is 5.73 Å². The summed E-state index contributed by atoms with van der Waals surface area (Å²) >= 11 is 0. The molecule has 2 aliphatic heterocycles. The summed E-state index contributed by atoms with van der Waals surface area (Å²) in [5.41, 5.74) is 4.99. The first kappa shape index (κ1) is 8.60. The van der Waals surface area contributed by atoms with E-state index in [0.29, 0.717) is 6.04 Å². The second-order valence-corrected chi connectivity index (χ2v) is 4.21. The van der Waals surface area contributed by atoms with E-state index in [1.165, 1.54) is 12.8 Å². The Bertz CT molecular complexity index is 262. The number of hydrogen-bond acceptors (Lipinski definition) is 2. The number of carbonyl (C=O) groups is 1. The molecule has 2 N–H and O–H groups in total. The first-order valence-electron chi connectivity index (χ1n) is 4.89. The van der Waals surface area contributed by atoms with Gasteiger partial charge in [-0.25, -0.2) is 0 Å². The van der Waals surface area contributed by atoms with Gasteiger partial charge in [0.25, 0.3) is 0 Å². The summed E-state index contributed by atoms with van der Waals surface area (Å²) in [6, 6.07) is 0.318. The molecule has 0 saturated carbocycles. The summed E-state index contributed by atoms with van der Waals surface area (Å²) in [6.45, 7) is 3.02. The van der Waals surface area contributed by atoms with E-state index in [0.717, 1.165) is 13.0 Å². The van der Waals surface area contributed by atoms with Gasteiger partial charge < -0.3 is 10.6 Å². The summed E-state index contributed by atoms with van der Waals surface area (Å²) < 4.78 is 0. The largest absolute Gasteiger partial charge is 0.373 e. The number of rotatable bonds is 1. The van der Waals surface area contributed by atoms with Crippen LogP contribution in [0.3, 0.4) is 0 Å². The number of nitrogens with two attached hydrogens (primary N) is 1. The number of fused-ring (bicyclic) bond motifs is 1. The lowest BCUT2D eigenvalue weighted by Crippen LogP contribution is -2.48. The van der Waals surface area contributed by atoms with Crippen molar-refractivity contribution in [3.8, 4) is 0 Å². The predicted octanol–water partition coefficient (Wildman–Crippen LogP) is 0.860. The van der Waals surface area contributed by atoms with E-state index < -0.39 is 5.41 Å². The van der Waals surface area contributed by atoms with Crippen LogP contribution < -0.4 is 5.73 Å². The molecule has 1 saturated heterocycles. The van der Waals surface area contributed by atoms with Gasteiger partial charge >= 0.3 is 0 Å². The quantitative estimate of drug-likeness (QED) is 0.650. The topological polar surface area (TPSA) is 46.3 Å². The third-order valence-electron chi connectivity index (χ3n) is 3.38. The van der Waals surface area contributed by atoms with Crippen molar-refractivity contribution in [2.45, 2.75) is 32.2 Å². The smallest absolute Gasteiger partial charge is 0.229 e. The van der Waals surface area contributed by atoms with Crippen LogP contribution in [0.2, 0.25) is 0 Å². The highest BCUT2D eigenvalue weighted by Gasteiger charge is 2.44. The maximum Gasteiger partial charge on any atom is 0.229 e. The van der Waals surface area contributed by atoms with Gasteiger partial charge in [0.1, 0.15) is 0 Å². The lowest BCUT2D eigenvalue weighted by molar-refractivity contribution is -0.126. The molecule has 1 amide bonds. The minimum atomic E-state index is -0.430. The summed E-state index contributed by atoms with van der Waals surface area (Å²) in [5, 5.41) is 0. The fourth-order valence-electron chi connectivity index (χ4n) is 2.38. The van der Waals surface area contributed by atoms with Crippen molar-refractivity contribution in [1.29, 1.82) is 0 Å². The minimum absolute atomic E-state index is 0.196. The molecule has 0 spiro atoms. The van der Waals surface area contributed by atoms with Gasteiger partial charge in [-0.05, 0) is 32.4 Å². The highest BCUT2D eigenvalue weighted by atomic mass is 16.1. The Kier molecular flexibility index (Phi) is 1.82. The second kappa shape index (κ2) is 2.76. The number of hydrogen-bond donors (Lipinski definition) is 1. The zero-order chi connectivity index (χ0) is 9.47. The molecule has 3 nitrogen and oxygen atoms in total. The first-order chi connectivity index (χ1) is 6.14. The number of piperidine rings is 1. The SMILES string of the molecule is CC1(C(N)=O)C=CN2CCCCC21. The third kappa shape index (κ3) is 1.14. The van der Waals surface area contributed by atoms with Crippen LogP contribution >= 0.6 is 0 Å².